The van der Waals surface area contributed by atoms with E-state index in [0.29, 0.717) is 0 Å². The molecule has 1 amide bonds. The first-order valence-corrected chi connectivity index (χ1v) is 7.58. The molecular weight excluding hydrogens is 232 g/mol. The van der Waals surface area contributed by atoms with E-state index < -0.39 is 0 Å². The van der Waals surface area contributed by atoms with Gasteiger partial charge in [0.15, 0.2) is 0 Å². The van der Waals surface area contributed by atoms with E-state index in [2.05, 4.69) is 16.7 Å². The summed E-state index contributed by atoms with van der Waals surface area (Å²) in [5, 5.41) is 0. The van der Waals surface area contributed by atoms with Crippen molar-refractivity contribution in [2.75, 3.05) is 37.7 Å². The summed E-state index contributed by atoms with van der Waals surface area (Å²) in [6, 6.07) is 0.765. The lowest BCUT2D eigenvalue weighted by molar-refractivity contribution is -0.128. The molecule has 17 heavy (non-hydrogen) atoms. The Hall–Kier alpha value is -0.480. The number of carbonyl (C=O) groups is 1. The Morgan fingerprint density at radius 1 is 1.24 bits per heavy atom. The second-order valence-electron chi connectivity index (χ2n) is 5.10. The predicted molar refractivity (Wildman–Crippen MR) is 73.3 cm³/mol. The second-order valence-corrected chi connectivity index (χ2v) is 6.25. The molecule has 96 valence electrons. The summed E-state index contributed by atoms with van der Waals surface area (Å²) < 4.78 is 0. The van der Waals surface area contributed by atoms with Crippen molar-refractivity contribution in [1.82, 2.24) is 9.80 Å². The number of rotatable bonds is 2. The average molecular weight is 254 g/mol. The molecule has 2 aliphatic heterocycles. The smallest absolute Gasteiger partial charge is 0.246 e. The quantitative estimate of drug-likeness (QED) is 0.699. The standard InChI is InChI=1S/C13H22N2OS/c1-11(2)9-13(16)15-6-4-14(5-7-15)12-3-8-17-10-12/h9,12H,3-8,10H2,1-2H3/t12-/m1/s1. The minimum absolute atomic E-state index is 0.186. The minimum atomic E-state index is 0.186. The molecule has 2 saturated heterocycles. The van der Waals surface area contributed by atoms with Crippen LogP contribution in [0.15, 0.2) is 11.6 Å². The lowest BCUT2D eigenvalue weighted by Crippen LogP contribution is -2.51. The third-order valence-corrected chi connectivity index (χ3v) is 4.60. The number of hydrogen-bond donors (Lipinski definition) is 0. The van der Waals surface area contributed by atoms with Crippen LogP contribution in [0.25, 0.3) is 0 Å². The number of nitrogens with zero attached hydrogens (tertiary/aromatic N) is 2. The molecule has 0 aromatic carbocycles. The van der Waals surface area contributed by atoms with E-state index >= 15 is 0 Å². The highest BCUT2D eigenvalue weighted by atomic mass is 32.2. The van der Waals surface area contributed by atoms with Crippen LogP contribution >= 0.6 is 11.8 Å². The van der Waals surface area contributed by atoms with E-state index in [-0.39, 0.29) is 5.91 Å². The van der Waals surface area contributed by atoms with Crippen LogP contribution in [0.2, 0.25) is 0 Å². The fraction of sp³-hybridized carbons (Fsp3) is 0.769. The average Bonchev–Trinajstić information content (AvgIpc) is 2.82. The van der Waals surface area contributed by atoms with Crippen molar-refractivity contribution < 1.29 is 4.79 Å². The van der Waals surface area contributed by atoms with Gasteiger partial charge in [0.1, 0.15) is 0 Å². The maximum absolute atomic E-state index is 11.9. The number of carbonyl (C=O) groups excluding carboxylic acids is 1. The molecule has 0 spiro atoms. The zero-order valence-electron chi connectivity index (χ0n) is 10.8. The van der Waals surface area contributed by atoms with E-state index in [9.17, 15) is 4.79 Å². The summed E-state index contributed by atoms with van der Waals surface area (Å²) in [6.45, 7) is 7.84. The van der Waals surface area contributed by atoms with Crippen LogP contribution in [0.5, 0.6) is 0 Å². The van der Waals surface area contributed by atoms with Crippen LogP contribution in [0.4, 0.5) is 0 Å². The Bertz CT molecular complexity index is 299. The Labute approximate surface area is 108 Å². The fourth-order valence-electron chi connectivity index (χ4n) is 2.46. The molecule has 0 aromatic heterocycles. The first-order valence-electron chi connectivity index (χ1n) is 6.42. The fourth-order valence-corrected chi connectivity index (χ4v) is 3.71. The van der Waals surface area contributed by atoms with Gasteiger partial charge in [-0.05, 0) is 26.0 Å². The molecule has 3 nitrogen and oxygen atoms in total. The van der Waals surface area contributed by atoms with Gasteiger partial charge in [0.25, 0.3) is 0 Å². The number of piperazine rings is 1. The molecule has 0 aliphatic carbocycles. The first kappa shape index (κ1) is 13.0. The van der Waals surface area contributed by atoms with Crippen molar-refractivity contribution in [2.45, 2.75) is 26.3 Å². The Kier molecular flexibility index (Phi) is 4.51. The molecule has 0 saturated carbocycles. The molecule has 2 fully saturated rings. The molecule has 1 atom stereocenters. The second kappa shape index (κ2) is 5.91. The topological polar surface area (TPSA) is 23.6 Å². The van der Waals surface area contributed by atoms with Crippen molar-refractivity contribution in [1.29, 1.82) is 0 Å². The van der Waals surface area contributed by atoms with Crippen molar-refractivity contribution >= 4 is 17.7 Å². The van der Waals surface area contributed by atoms with E-state index in [1.54, 1.807) is 6.08 Å². The van der Waals surface area contributed by atoms with Gasteiger partial charge in [-0.3, -0.25) is 9.69 Å². The van der Waals surface area contributed by atoms with Crippen LogP contribution in [0.1, 0.15) is 20.3 Å². The molecule has 2 rings (SSSR count). The summed E-state index contributed by atoms with van der Waals surface area (Å²) in [5.41, 5.74) is 1.09. The monoisotopic (exact) mass is 254 g/mol. The number of amides is 1. The third-order valence-electron chi connectivity index (χ3n) is 3.46. The summed E-state index contributed by atoms with van der Waals surface area (Å²) >= 11 is 2.06. The Morgan fingerprint density at radius 2 is 1.94 bits per heavy atom. The Balaban J connectivity index is 1.81. The first-order chi connectivity index (χ1) is 8.16. The molecule has 0 unspecified atom stereocenters. The molecule has 4 heteroatoms. The van der Waals surface area contributed by atoms with Gasteiger partial charge in [-0.1, -0.05) is 5.57 Å². The van der Waals surface area contributed by atoms with Gasteiger partial charge in [0, 0.05) is 44.0 Å². The molecule has 2 aliphatic rings. The van der Waals surface area contributed by atoms with Crippen molar-refractivity contribution in [3.8, 4) is 0 Å². The predicted octanol–water partition coefficient (Wildman–Crippen LogP) is 1.60. The van der Waals surface area contributed by atoms with Crippen molar-refractivity contribution in [3.63, 3.8) is 0 Å². The SMILES string of the molecule is CC(C)=CC(=O)N1CCN([C@@H]2CCSC2)CC1. The largest absolute Gasteiger partial charge is 0.337 e. The van der Waals surface area contributed by atoms with Crippen molar-refractivity contribution in [3.05, 3.63) is 11.6 Å². The van der Waals surface area contributed by atoms with Gasteiger partial charge in [-0.2, -0.15) is 11.8 Å². The van der Waals surface area contributed by atoms with Gasteiger partial charge in [-0.25, -0.2) is 0 Å². The normalized spacial score (nSPS) is 26.0. The van der Waals surface area contributed by atoms with E-state index in [0.717, 1.165) is 37.8 Å². The highest BCUT2D eigenvalue weighted by Crippen LogP contribution is 2.23. The van der Waals surface area contributed by atoms with Crippen LogP contribution in [-0.2, 0) is 4.79 Å². The molecule has 0 N–H and O–H groups in total. The zero-order valence-corrected chi connectivity index (χ0v) is 11.6. The highest BCUT2D eigenvalue weighted by Gasteiger charge is 2.27. The zero-order chi connectivity index (χ0) is 12.3. The number of allylic oxidation sites excluding steroid dienone is 1. The van der Waals surface area contributed by atoms with Gasteiger partial charge in [0.2, 0.25) is 5.91 Å². The lowest BCUT2D eigenvalue weighted by atomic mass is 10.2. The van der Waals surface area contributed by atoms with E-state index in [1.807, 2.05) is 18.7 Å². The highest BCUT2D eigenvalue weighted by molar-refractivity contribution is 7.99. The summed E-state index contributed by atoms with van der Waals surface area (Å²) in [4.78, 5) is 16.4. The van der Waals surface area contributed by atoms with E-state index in [4.69, 9.17) is 0 Å². The lowest BCUT2D eigenvalue weighted by Gasteiger charge is -2.37. The van der Waals surface area contributed by atoms with Crippen LogP contribution in [0, 0.1) is 0 Å². The molecule has 0 aromatic rings. The van der Waals surface area contributed by atoms with Crippen molar-refractivity contribution in [2.24, 2.45) is 0 Å². The summed E-state index contributed by atoms with van der Waals surface area (Å²) in [6.07, 6.45) is 3.08. The van der Waals surface area contributed by atoms with Crippen LogP contribution in [0.3, 0.4) is 0 Å². The third kappa shape index (κ3) is 3.49. The van der Waals surface area contributed by atoms with E-state index in [1.165, 1.54) is 17.9 Å². The van der Waals surface area contributed by atoms with Crippen LogP contribution < -0.4 is 0 Å². The number of hydrogen-bond acceptors (Lipinski definition) is 3. The maximum Gasteiger partial charge on any atom is 0.246 e. The Morgan fingerprint density at radius 3 is 2.47 bits per heavy atom. The molecular formula is C13H22N2OS. The molecule has 2 heterocycles. The van der Waals surface area contributed by atoms with Gasteiger partial charge < -0.3 is 4.90 Å². The van der Waals surface area contributed by atoms with Gasteiger partial charge in [0.05, 0.1) is 0 Å². The molecule has 0 bridgehead atoms. The summed E-state index contributed by atoms with van der Waals surface area (Å²) in [5.74, 6) is 2.77. The van der Waals surface area contributed by atoms with Crippen LogP contribution in [-0.4, -0.2) is 59.4 Å². The maximum atomic E-state index is 11.9. The molecule has 0 radical (unpaired) electrons. The summed E-state index contributed by atoms with van der Waals surface area (Å²) in [7, 11) is 0. The minimum Gasteiger partial charge on any atom is -0.337 e. The number of thioether (sulfide) groups is 1. The van der Waals surface area contributed by atoms with Gasteiger partial charge >= 0.3 is 0 Å². The van der Waals surface area contributed by atoms with Gasteiger partial charge in [-0.15, -0.1) is 0 Å².